The van der Waals surface area contributed by atoms with Crippen molar-refractivity contribution in [1.29, 1.82) is 0 Å². The molecule has 0 N–H and O–H groups in total. The van der Waals surface area contributed by atoms with Crippen LogP contribution < -0.4 is 0 Å². The van der Waals surface area contributed by atoms with Gasteiger partial charge in [-0.3, -0.25) is 0 Å². The van der Waals surface area contributed by atoms with Gasteiger partial charge in [-0.05, 0) is 12.8 Å². The molecule has 1 aliphatic rings. The van der Waals surface area contributed by atoms with Crippen LogP contribution >= 0.6 is 11.6 Å². The summed E-state index contributed by atoms with van der Waals surface area (Å²) in [4.78, 5) is 0. The third-order valence-corrected chi connectivity index (χ3v) is 1.69. The molecule has 0 aromatic heterocycles. The van der Waals surface area contributed by atoms with Gasteiger partial charge in [0.15, 0.2) is 0 Å². The highest BCUT2D eigenvalue weighted by Crippen LogP contribution is 2.19. The van der Waals surface area contributed by atoms with Gasteiger partial charge < -0.3 is 0 Å². The van der Waals surface area contributed by atoms with E-state index in [-0.39, 0.29) is 5.38 Å². The zero-order chi connectivity index (χ0) is 5.98. The average Bonchev–Trinajstić information content (AvgIpc) is 1.77. The second kappa shape index (κ2) is 2.49. The third-order valence-electron chi connectivity index (χ3n) is 1.27. The van der Waals surface area contributed by atoms with Crippen molar-refractivity contribution in [2.75, 3.05) is 0 Å². The molecule has 0 spiro atoms. The number of allylic oxidation sites excluding steroid dienone is 2. The predicted molar refractivity (Wildman–Crippen MR) is 32.9 cm³/mol. The lowest BCUT2D eigenvalue weighted by Crippen LogP contribution is -2.15. The molecule has 0 nitrogen and oxygen atoms in total. The molecule has 8 heavy (non-hydrogen) atoms. The van der Waals surface area contributed by atoms with Crippen molar-refractivity contribution in [3.05, 3.63) is 12.2 Å². The van der Waals surface area contributed by atoms with E-state index in [1.165, 1.54) is 0 Å². The second-order valence-corrected chi connectivity index (χ2v) is 2.47. The van der Waals surface area contributed by atoms with Crippen molar-refractivity contribution in [1.82, 2.24) is 0 Å². The van der Waals surface area contributed by atoms with E-state index in [9.17, 15) is 4.39 Å². The fourth-order valence-corrected chi connectivity index (χ4v) is 0.990. The van der Waals surface area contributed by atoms with Crippen LogP contribution in [0.2, 0.25) is 0 Å². The summed E-state index contributed by atoms with van der Waals surface area (Å²) in [6, 6.07) is 0. The summed E-state index contributed by atoms with van der Waals surface area (Å²) >= 11 is 5.51. The maximum Gasteiger partial charge on any atom is 0.120 e. The fraction of sp³-hybridized carbons (Fsp3) is 0.667. The predicted octanol–water partition coefficient (Wildman–Crippen LogP) is 2.28. The second-order valence-electron chi connectivity index (χ2n) is 1.97. The number of rotatable bonds is 0. The summed E-state index contributed by atoms with van der Waals surface area (Å²) in [5, 5.41) is -0.372. The first kappa shape index (κ1) is 6.09. The molecule has 0 saturated heterocycles. The molecule has 0 aromatic carbocycles. The zero-order valence-electron chi connectivity index (χ0n) is 4.48. The topological polar surface area (TPSA) is 0 Å². The third kappa shape index (κ3) is 1.22. The minimum atomic E-state index is -0.818. The zero-order valence-corrected chi connectivity index (χ0v) is 5.24. The Bertz CT molecular complexity index is 101. The Kier molecular flexibility index (Phi) is 1.90. The lowest BCUT2D eigenvalue weighted by molar-refractivity contribution is 0.315. The molecule has 0 aromatic rings. The number of hydrogen-bond acceptors (Lipinski definition) is 0. The maximum absolute atomic E-state index is 12.4. The van der Waals surface area contributed by atoms with Crippen LogP contribution in [0.25, 0.3) is 0 Å². The molecule has 2 atom stereocenters. The molecule has 0 aliphatic heterocycles. The van der Waals surface area contributed by atoms with E-state index in [2.05, 4.69) is 0 Å². The van der Waals surface area contributed by atoms with Crippen molar-refractivity contribution in [3.63, 3.8) is 0 Å². The standard InChI is InChI=1S/C6H8ClF/c7-5-3-1-2-4-6(5)8/h1,3,5-6H,2,4H2/t5-,6+/m1/s1. The molecule has 1 rings (SSSR count). The van der Waals surface area contributed by atoms with E-state index in [1.54, 1.807) is 6.08 Å². The minimum absolute atomic E-state index is 0.372. The van der Waals surface area contributed by atoms with E-state index in [0.29, 0.717) is 6.42 Å². The SMILES string of the molecule is F[C@H]1CCC=C[C@H]1Cl. The largest absolute Gasteiger partial charge is 0.246 e. The fourth-order valence-electron chi connectivity index (χ4n) is 0.761. The molecule has 0 saturated carbocycles. The molecular weight excluding hydrogens is 127 g/mol. The van der Waals surface area contributed by atoms with Gasteiger partial charge >= 0.3 is 0 Å². The van der Waals surface area contributed by atoms with Crippen LogP contribution in [-0.2, 0) is 0 Å². The van der Waals surface area contributed by atoms with Gasteiger partial charge in [-0.15, -0.1) is 11.6 Å². The molecule has 1 aliphatic carbocycles. The number of hydrogen-bond donors (Lipinski definition) is 0. The van der Waals surface area contributed by atoms with Crippen LogP contribution in [0.4, 0.5) is 4.39 Å². The quantitative estimate of drug-likeness (QED) is 0.352. The van der Waals surface area contributed by atoms with Gasteiger partial charge in [0.2, 0.25) is 0 Å². The summed E-state index contributed by atoms with van der Waals surface area (Å²) in [5.74, 6) is 0. The van der Waals surface area contributed by atoms with Gasteiger partial charge in [-0.25, -0.2) is 4.39 Å². The Balaban J connectivity index is 2.47. The molecule has 0 fully saturated rings. The Labute approximate surface area is 53.3 Å². The van der Waals surface area contributed by atoms with Gasteiger partial charge in [0.25, 0.3) is 0 Å². The van der Waals surface area contributed by atoms with Crippen molar-refractivity contribution < 1.29 is 4.39 Å². The lowest BCUT2D eigenvalue weighted by atomic mass is 10.1. The molecule has 0 bridgehead atoms. The van der Waals surface area contributed by atoms with Crippen LogP contribution in [0.5, 0.6) is 0 Å². The molecule has 0 amide bonds. The molecular formula is C6H8ClF. The highest BCUT2D eigenvalue weighted by atomic mass is 35.5. The van der Waals surface area contributed by atoms with Gasteiger partial charge in [-0.2, -0.15) is 0 Å². The minimum Gasteiger partial charge on any atom is -0.246 e. The van der Waals surface area contributed by atoms with Crippen molar-refractivity contribution in [2.24, 2.45) is 0 Å². The molecule has 0 heterocycles. The highest BCUT2D eigenvalue weighted by molar-refractivity contribution is 6.22. The van der Waals surface area contributed by atoms with Crippen molar-refractivity contribution in [2.45, 2.75) is 24.4 Å². The van der Waals surface area contributed by atoms with Crippen LogP contribution in [0.3, 0.4) is 0 Å². The van der Waals surface area contributed by atoms with Gasteiger partial charge in [0.1, 0.15) is 6.17 Å². The highest BCUT2D eigenvalue weighted by Gasteiger charge is 2.17. The Morgan fingerprint density at radius 2 is 2.38 bits per heavy atom. The van der Waals surface area contributed by atoms with Crippen LogP contribution in [0.15, 0.2) is 12.2 Å². The van der Waals surface area contributed by atoms with E-state index in [1.807, 2.05) is 6.08 Å². The Morgan fingerprint density at radius 3 is 2.75 bits per heavy atom. The van der Waals surface area contributed by atoms with E-state index in [4.69, 9.17) is 11.6 Å². The smallest absolute Gasteiger partial charge is 0.120 e. The summed E-state index contributed by atoms with van der Waals surface area (Å²) in [7, 11) is 0. The summed E-state index contributed by atoms with van der Waals surface area (Å²) in [6.45, 7) is 0. The van der Waals surface area contributed by atoms with Gasteiger partial charge in [0, 0.05) is 0 Å². The van der Waals surface area contributed by atoms with Gasteiger partial charge in [-0.1, -0.05) is 12.2 Å². The lowest BCUT2D eigenvalue weighted by Gasteiger charge is -2.13. The first-order valence-electron chi connectivity index (χ1n) is 2.75. The summed E-state index contributed by atoms with van der Waals surface area (Å²) < 4.78 is 12.4. The van der Waals surface area contributed by atoms with Crippen molar-refractivity contribution in [3.8, 4) is 0 Å². The first-order chi connectivity index (χ1) is 3.80. The average molecular weight is 135 g/mol. The van der Waals surface area contributed by atoms with Crippen molar-refractivity contribution >= 4 is 11.6 Å². The summed E-state index contributed by atoms with van der Waals surface area (Å²) in [6.07, 6.45) is 4.25. The molecule has 46 valence electrons. The Hall–Kier alpha value is -0.0400. The number of halogens is 2. The van der Waals surface area contributed by atoms with Crippen LogP contribution in [-0.4, -0.2) is 11.5 Å². The van der Waals surface area contributed by atoms with E-state index < -0.39 is 6.17 Å². The molecule has 0 radical (unpaired) electrons. The normalized spacial score (nSPS) is 37.8. The Morgan fingerprint density at radius 1 is 1.62 bits per heavy atom. The van der Waals surface area contributed by atoms with Gasteiger partial charge in [0.05, 0.1) is 5.38 Å². The van der Waals surface area contributed by atoms with E-state index >= 15 is 0 Å². The van der Waals surface area contributed by atoms with Crippen LogP contribution in [0.1, 0.15) is 12.8 Å². The summed E-state index contributed by atoms with van der Waals surface area (Å²) in [5.41, 5.74) is 0. The molecule has 2 heteroatoms. The van der Waals surface area contributed by atoms with E-state index in [0.717, 1.165) is 6.42 Å². The monoisotopic (exact) mass is 134 g/mol. The molecule has 0 unspecified atom stereocenters. The van der Waals surface area contributed by atoms with Crippen LogP contribution in [0, 0.1) is 0 Å². The first-order valence-corrected chi connectivity index (χ1v) is 3.19. The number of alkyl halides is 2. The maximum atomic E-state index is 12.4.